The summed E-state index contributed by atoms with van der Waals surface area (Å²) in [5, 5.41) is 2.48. The van der Waals surface area contributed by atoms with Crippen LogP contribution in [0.5, 0.6) is 0 Å². The minimum Gasteiger partial charge on any atom is -0.368 e. The van der Waals surface area contributed by atoms with Gasteiger partial charge in [0.05, 0.1) is 12.2 Å². The van der Waals surface area contributed by atoms with Gasteiger partial charge in [-0.1, -0.05) is 109 Å². The van der Waals surface area contributed by atoms with Crippen molar-refractivity contribution in [1.29, 1.82) is 0 Å². The highest BCUT2D eigenvalue weighted by atomic mass is 15.2. The van der Waals surface area contributed by atoms with E-state index in [0.29, 0.717) is 0 Å². The normalized spacial score (nSPS) is 11.9. The van der Waals surface area contributed by atoms with Gasteiger partial charge in [0.2, 0.25) is 0 Å². The van der Waals surface area contributed by atoms with Crippen LogP contribution in [-0.4, -0.2) is 7.05 Å². The first-order valence-corrected chi connectivity index (χ1v) is 10.9. The van der Waals surface area contributed by atoms with Crippen molar-refractivity contribution in [2.45, 2.75) is 6.04 Å². The van der Waals surface area contributed by atoms with Gasteiger partial charge in [-0.3, -0.25) is 0 Å². The molecule has 0 radical (unpaired) electrons. The van der Waals surface area contributed by atoms with Crippen LogP contribution < -0.4 is 9.47 Å². The summed E-state index contributed by atoms with van der Waals surface area (Å²) in [6.07, 6.45) is 2.02. The molecular formula is C30H26N2. The Labute approximate surface area is 190 Å². The molecule has 2 heteroatoms. The van der Waals surface area contributed by atoms with Crippen molar-refractivity contribution in [3.63, 3.8) is 0 Å². The molecule has 156 valence electrons. The number of hydrogen-bond acceptors (Lipinski definition) is 1. The third kappa shape index (κ3) is 3.61. The summed E-state index contributed by atoms with van der Waals surface area (Å²) in [6, 6.07) is 40.6. The molecule has 0 aliphatic carbocycles. The Hall–Kier alpha value is -4.04. The van der Waals surface area contributed by atoms with Crippen LogP contribution >= 0.6 is 0 Å². The monoisotopic (exact) mass is 414 g/mol. The van der Waals surface area contributed by atoms with E-state index in [1.54, 1.807) is 0 Å². The molecule has 32 heavy (non-hydrogen) atoms. The van der Waals surface area contributed by atoms with Crippen LogP contribution in [0.25, 0.3) is 21.9 Å². The average molecular weight is 415 g/mol. The molecule has 0 fully saturated rings. The molecule has 0 amide bonds. The van der Waals surface area contributed by atoms with E-state index >= 15 is 0 Å². The van der Waals surface area contributed by atoms with Crippen molar-refractivity contribution in [2.75, 3.05) is 11.9 Å². The predicted octanol–water partition coefficient (Wildman–Crippen LogP) is 6.66. The van der Waals surface area contributed by atoms with Gasteiger partial charge in [-0.25, -0.2) is 0 Å². The molecule has 4 aromatic carbocycles. The first kappa shape index (κ1) is 19.9. The summed E-state index contributed by atoms with van der Waals surface area (Å²) in [7, 11) is 6.48. The number of hydrogen-bond donors (Lipinski definition) is 0. The van der Waals surface area contributed by atoms with Gasteiger partial charge in [-0.15, -0.1) is 0 Å². The van der Waals surface area contributed by atoms with E-state index in [1.807, 2.05) is 16.8 Å². The summed E-state index contributed by atoms with van der Waals surface area (Å²) < 4.78 is 1.98. The lowest BCUT2D eigenvalue weighted by Crippen LogP contribution is -2.38. The second-order valence-corrected chi connectivity index (χ2v) is 8.06. The minimum atomic E-state index is -0.0177. The molecule has 0 N–H and O–H groups in total. The Balaban J connectivity index is 1.75. The maximum absolute atomic E-state index is 4.30. The maximum atomic E-state index is 4.30. The van der Waals surface area contributed by atoms with Crippen molar-refractivity contribution in [3.05, 3.63) is 140 Å². The van der Waals surface area contributed by atoms with Crippen molar-refractivity contribution >= 4 is 16.5 Å². The summed E-state index contributed by atoms with van der Waals surface area (Å²) in [6.45, 7) is 0. The Morgan fingerprint density at radius 2 is 1.38 bits per heavy atom. The molecule has 0 aliphatic rings. The Morgan fingerprint density at radius 3 is 2.22 bits per heavy atom. The van der Waals surface area contributed by atoms with E-state index in [2.05, 4.69) is 128 Å². The first-order chi connectivity index (χ1) is 15.7. The summed E-state index contributed by atoms with van der Waals surface area (Å²) in [5.74, 6) is 0. The second kappa shape index (κ2) is 8.60. The van der Waals surface area contributed by atoms with Crippen molar-refractivity contribution in [3.8, 4) is 11.1 Å². The highest BCUT2D eigenvalue weighted by molar-refractivity contribution is 5.94. The standard InChI is InChI=1S/C30H26N2/c1-31-22-11-10-20-29(31)30(27-19-9-8-17-25(27)23-13-4-3-5-14-23)32(2)28-21-12-16-24-15-6-7-18-26(24)28/h3-22,30H,1H2,2H3. The fourth-order valence-corrected chi connectivity index (χ4v) is 4.58. The van der Waals surface area contributed by atoms with Crippen LogP contribution in [0.15, 0.2) is 121 Å². The summed E-state index contributed by atoms with van der Waals surface area (Å²) in [5.41, 5.74) is 6.02. The first-order valence-electron chi connectivity index (χ1n) is 10.9. The smallest absolute Gasteiger partial charge is 0.109 e. The summed E-state index contributed by atoms with van der Waals surface area (Å²) in [4.78, 5) is 2.38. The predicted molar refractivity (Wildman–Crippen MR) is 133 cm³/mol. The van der Waals surface area contributed by atoms with E-state index in [1.165, 1.54) is 33.2 Å². The number of benzene rings is 4. The Kier molecular flexibility index (Phi) is 5.35. The van der Waals surface area contributed by atoms with E-state index in [-0.39, 0.29) is 6.04 Å². The number of pyridine rings is 1. The van der Waals surface area contributed by atoms with Gasteiger partial charge in [-0.05, 0) is 28.1 Å². The largest absolute Gasteiger partial charge is 0.368 e. The molecule has 1 aromatic heterocycles. The molecule has 5 rings (SSSR count). The molecule has 5 aromatic rings. The molecular weight excluding hydrogens is 388 g/mol. The molecule has 0 saturated carbocycles. The van der Waals surface area contributed by atoms with Gasteiger partial charge >= 0.3 is 0 Å². The lowest BCUT2D eigenvalue weighted by atomic mass is 9.91. The fourth-order valence-electron chi connectivity index (χ4n) is 4.58. The zero-order valence-electron chi connectivity index (χ0n) is 18.2. The zero-order chi connectivity index (χ0) is 21.9. The Morgan fingerprint density at radius 1 is 0.688 bits per heavy atom. The average Bonchev–Trinajstić information content (AvgIpc) is 2.86. The van der Waals surface area contributed by atoms with Crippen LogP contribution in [0.4, 0.5) is 5.69 Å². The van der Waals surface area contributed by atoms with Crippen LogP contribution in [0, 0.1) is 7.05 Å². The van der Waals surface area contributed by atoms with Crippen molar-refractivity contribution in [1.82, 2.24) is 0 Å². The van der Waals surface area contributed by atoms with Gasteiger partial charge in [0.15, 0.2) is 0 Å². The highest BCUT2D eigenvalue weighted by Crippen LogP contribution is 2.38. The third-order valence-corrected chi connectivity index (χ3v) is 6.13. The number of fused-ring (bicyclic) bond motifs is 1. The van der Waals surface area contributed by atoms with Gasteiger partial charge in [0.25, 0.3) is 0 Å². The molecule has 0 bridgehead atoms. The van der Waals surface area contributed by atoms with Crippen LogP contribution in [0.2, 0.25) is 0 Å². The Bertz CT molecular complexity index is 1350. The molecule has 0 aliphatic heterocycles. The number of aromatic nitrogens is 1. The zero-order valence-corrected chi connectivity index (χ0v) is 18.2. The molecule has 1 unspecified atom stereocenters. The van der Waals surface area contributed by atoms with Gasteiger partial charge in [-0.2, -0.15) is 0 Å². The van der Waals surface area contributed by atoms with E-state index in [0.717, 1.165) is 5.69 Å². The number of rotatable bonds is 5. The van der Waals surface area contributed by atoms with Crippen LogP contribution in [-0.2, 0) is 0 Å². The SMILES string of the molecule is [CH2-][n+]1ccccc1C(c1ccccc1-c1ccccc1)N(C)c1cccc2ccccc12. The molecule has 2 nitrogen and oxygen atoms in total. The highest BCUT2D eigenvalue weighted by Gasteiger charge is 2.26. The number of nitrogens with zero attached hydrogens (tertiary/aromatic N) is 2. The third-order valence-electron chi connectivity index (χ3n) is 6.13. The van der Waals surface area contributed by atoms with Gasteiger partial charge in [0.1, 0.15) is 5.69 Å². The maximum Gasteiger partial charge on any atom is 0.109 e. The van der Waals surface area contributed by atoms with Gasteiger partial charge in [0, 0.05) is 25.2 Å². The summed E-state index contributed by atoms with van der Waals surface area (Å²) >= 11 is 0. The lowest BCUT2D eigenvalue weighted by Gasteiger charge is -2.34. The van der Waals surface area contributed by atoms with Gasteiger partial charge < -0.3 is 9.47 Å². The van der Waals surface area contributed by atoms with Crippen molar-refractivity contribution < 1.29 is 4.57 Å². The second-order valence-electron chi connectivity index (χ2n) is 8.06. The topological polar surface area (TPSA) is 7.12 Å². The fraction of sp³-hybridized carbons (Fsp3) is 0.0667. The van der Waals surface area contributed by atoms with E-state index in [4.69, 9.17) is 0 Å². The quantitative estimate of drug-likeness (QED) is 0.230. The molecule has 1 heterocycles. The molecule has 0 saturated heterocycles. The minimum absolute atomic E-state index is 0.0177. The number of anilines is 1. The van der Waals surface area contributed by atoms with E-state index < -0.39 is 0 Å². The van der Waals surface area contributed by atoms with E-state index in [9.17, 15) is 0 Å². The van der Waals surface area contributed by atoms with Crippen LogP contribution in [0.3, 0.4) is 0 Å². The lowest BCUT2D eigenvalue weighted by molar-refractivity contribution is -0.621. The van der Waals surface area contributed by atoms with Crippen LogP contribution in [0.1, 0.15) is 17.3 Å². The van der Waals surface area contributed by atoms with Crippen molar-refractivity contribution in [2.24, 2.45) is 0 Å². The molecule has 1 atom stereocenters. The molecule has 0 spiro atoms.